The maximum Gasteiger partial charge on any atom is 0.191 e. The maximum atomic E-state index is 4.70. The van der Waals surface area contributed by atoms with Crippen LogP contribution in [-0.2, 0) is 6.54 Å². The Kier molecular flexibility index (Phi) is 12.2. The van der Waals surface area contributed by atoms with Crippen LogP contribution in [0.15, 0.2) is 29.3 Å². The first kappa shape index (κ1) is 22.4. The molecule has 1 aromatic carbocycles. The molecule has 1 fully saturated rings. The third-order valence-corrected chi connectivity index (χ3v) is 5.09. The van der Waals surface area contributed by atoms with E-state index in [1.807, 2.05) is 11.8 Å². The van der Waals surface area contributed by atoms with Gasteiger partial charge in [-0.25, -0.2) is 4.99 Å². The number of halogens is 1. The number of rotatable bonds is 8. The van der Waals surface area contributed by atoms with Gasteiger partial charge in [0.25, 0.3) is 0 Å². The van der Waals surface area contributed by atoms with Gasteiger partial charge in [-0.1, -0.05) is 31.9 Å². The molecule has 0 spiro atoms. The van der Waals surface area contributed by atoms with Crippen LogP contribution in [0, 0.1) is 0 Å². The first-order chi connectivity index (χ1) is 11.8. The first-order valence-corrected chi connectivity index (χ1v) is 10.4. The lowest BCUT2D eigenvalue weighted by Crippen LogP contribution is -2.37. The Morgan fingerprint density at radius 3 is 2.44 bits per heavy atom. The molecule has 0 saturated carbocycles. The molecular weight excluding hydrogens is 443 g/mol. The highest BCUT2D eigenvalue weighted by Crippen LogP contribution is 2.20. The van der Waals surface area contributed by atoms with Crippen LogP contribution < -0.4 is 15.5 Å². The van der Waals surface area contributed by atoms with E-state index in [4.69, 9.17) is 4.99 Å². The number of anilines is 1. The van der Waals surface area contributed by atoms with Gasteiger partial charge in [-0.05, 0) is 31.0 Å². The Balaban J connectivity index is 0.00000312. The van der Waals surface area contributed by atoms with E-state index in [2.05, 4.69) is 53.6 Å². The largest absolute Gasteiger partial charge is 0.370 e. The van der Waals surface area contributed by atoms with Crippen LogP contribution in [0.5, 0.6) is 0 Å². The van der Waals surface area contributed by atoms with Gasteiger partial charge in [-0.15, -0.1) is 24.0 Å². The number of hydrogen-bond donors (Lipinski definition) is 2. The second kappa shape index (κ2) is 13.6. The van der Waals surface area contributed by atoms with Crippen LogP contribution in [0.2, 0.25) is 0 Å². The third kappa shape index (κ3) is 8.53. The van der Waals surface area contributed by atoms with Crippen molar-refractivity contribution in [3.63, 3.8) is 0 Å². The van der Waals surface area contributed by atoms with Crippen LogP contribution >= 0.6 is 35.7 Å². The minimum Gasteiger partial charge on any atom is -0.370 e. The fourth-order valence-corrected chi connectivity index (χ4v) is 3.63. The average Bonchev–Trinajstić information content (AvgIpc) is 2.64. The molecular formula is C19H33IN4S. The minimum absolute atomic E-state index is 0. The van der Waals surface area contributed by atoms with Crippen molar-refractivity contribution in [3.05, 3.63) is 29.8 Å². The number of nitrogens with zero attached hydrogens (tertiary/aromatic N) is 2. The van der Waals surface area contributed by atoms with Gasteiger partial charge in [0.1, 0.15) is 0 Å². The van der Waals surface area contributed by atoms with Gasteiger partial charge in [0, 0.05) is 43.4 Å². The molecule has 0 aromatic heterocycles. The van der Waals surface area contributed by atoms with Gasteiger partial charge in [-0.2, -0.15) is 11.8 Å². The Morgan fingerprint density at radius 2 is 1.80 bits per heavy atom. The normalized spacial score (nSPS) is 14.8. The summed E-state index contributed by atoms with van der Waals surface area (Å²) < 4.78 is 0. The second-order valence-electron chi connectivity index (χ2n) is 6.09. The van der Waals surface area contributed by atoms with Gasteiger partial charge in [-0.3, -0.25) is 0 Å². The zero-order valence-electron chi connectivity index (χ0n) is 15.6. The molecule has 0 bridgehead atoms. The number of aliphatic imine (C=N–C) groups is 1. The smallest absolute Gasteiger partial charge is 0.191 e. The Labute approximate surface area is 174 Å². The van der Waals surface area contributed by atoms with Crippen molar-refractivity contribution in [2.75, 3.05) is 42.6 Å². The zero-order valence-corrected chi connectivity index (χ0v) is 18.7. The summed E-state index contributed by atoms with van der Waals surface area (Å²) >= 11 is 2.05. The SMILES string of the molecule is CCCCCNC(=NCc1ccc(N2CCSCC2)cc1)NCC.I. The van der Waals surface area contributed by atoms with Crippen LogP contribution in [0.1, 0.15) is 38.7 Å². The van der Waals surface area contributed by atoms with Gasteiger partial charge in [0.2, 0.25) is 0 Å². The number of benzene rings is 1. The summed E-state index contributed by atoms with van der Waals surface area (Å²) in [4.78, 5) is 7.18. The van der Waals surface area contributed by atoms with E-state index in [1.54, 1.807) is 0 Å². The molecule has 1 aliphatic rings. The van der Waals surface area contributed by atoms with E-state index < -0.39 is 0 Å². The molecule has 6 heteroatoms. The molecule has 1 aliphatic heterocycles. The maximum absolute atomic E-state index is 4.70. The summed E-state index contributed by atoms with van der Waals surface area (Å²) in [6.45, 7) is 9.26. The summed E-state index contributed by atoms with van der Waals surface area (Å²) in [5.74, 6) is 3.40. The van der Waals surface area contributed by atoms with Crippen LogP contribution in [0.4, 0.5) is 5.69 Å². The number of hydrogen-bond acceptors (Lipinski definition) is 3. The Morgan fingerprint density at radius 1 is 1.08 bits per heavy atom. The van der Waals surface area contributed by atoms with Crippen LogP contribution in [0.3, 0.4) is 0 Å². The highest BCUT2D eigenvalue weighted by molar-refractivity contribution is 14.0. The van der Waals surface area contributed by atoms with Crippen molar-refractivity contribution in [1.82, 2.24) is 10.6 Å². The molecule has 25 heavy (non-hydrogen) atoms. The summed E-state index contributed by atoms with van der Waals surface area (Å²) in [7, 11) is 0. The van der Waals surface area contributed by atoms with E-state index >= 15 is 0 Å². The molecule has 1 aromatic rings. The monoisotopic (exact) mass is 476 g/mol. The third-order valence-electron chi connectivity index (χ3n) is 4.15. The Bertz CT molecular complexity index is 487. The van der Waals surface area contributed by atoms with Gasteiger partial charge in [0.05, 0.1) is 6.54 Å². The molecule has 142 valence electrons. The van der Waals surface area contributed by atoms with Crippen molar-refractivity contribution in [3.8, 4) is 0 Å². The van der Waals surface area contributed by atoms with E-state index in [-0.39, 0.29) is 24.0 Å². The molecule has 1 saturated heterocycles. The second-order valence-corrected chi connectivity index (χ2v) is 7.32. The quantitative estimate of drug-likeness (QED) is 0.257. The number of thioether (sulfide) groups is 1. The minimum atomic E-state index is 0. The number of unbranched alkanes of at least 4 members (excludes halogenated alkanes) is 2. The van der Waals surface area contributed by atoms with Gasteiger partial charge < -0.3 is 15.5 Å². The van der Waals surface area contributed by atoms with E-state index in [0.717, 1.165) is 38.7 Å². The molecule has 1 heterocycles. The van der Waals surface area contributed by atoms with Crippen molar-refractivity contribution < 1.29 is 0 Å². The fourth-order valence-electron chi connectivity index (χ4n) is 2.73. The summed E-state index contributed by atoms with van der Waals surface area (Å²) in [5, 5.41) is 6.74. The van der Waals surface area contributed by atoms with Crippen molar-refractivity contribution >= 4 is 47.4 Å². The molecule has 2 N–H and O–H groups in total. The summed E-state index contributed by atoms with van der Waals surface area (Å²) in [6, 6.07) is 8.90. The van der Waals surface area contributed by atoms with E-state index in [1.165, 1.54) is 42.0 Å². The number of nitrogens with one attached hydrogen (secondary N) is 2. The van der Waals surface area contributed by atoms with Crippen LogP contribution in [0.25, 0.3) is 0 Å². The molecule has 0 amide bonds. The van der Waals surface area contributed by atoms with Gasteiger partial charge >= 0.3 is 0 Å². The topological polar surface area (TPSA) is 39.7 Å². The lowest BCUT2D eigenvalue weighted by atomic mass is 10.2. The summed E-state index contributed by atoms with van der Waals surface area (Å²) in [5.41, 5.74) is 2.60. The zero-order chi connectivity index (χ0) is 17.0. The number of guanidine groups is 1. The first-order valence-electron chi connectivity index (χ1n) is 9.27. The van der Waals surface area contributed by atoms with E-state index in [0.29, 0.717) is 0 Å². The Hall–Kier alpha value is -0.630. The van der Waals surface area contributed by atoms with Crippen LogP contribution in [-0.4, -0.2) is 43.6 Å². The van der Waals surface area contributed by atoms with Gasteiger partial charge in [0.15, 0.2) is 5.96 Å². The molecule has 0 unspecified atom stereocenters. The van der Waals surface area contributed by atoms with E-state index in [9.17, 15) is 0 Å². The van der Waals surface area contributed by atoms with Crippen molar-refractivity contribution in [2.24, 2.45) is 4.99 Å². The fraction of sp³-hybridized carbons (Fsp3) is 0.632. The van der Waals surface area contributed by atoms with Crippen molar-refractivity contribution in [1.29, 1.82) is 0 Å². The summed E-state index contributed by atoms with van der Waals surface area (Å²) in [6.07, 6.45) is 3.71. The molecule has 0 radical (unpaired) electrons. The molecule has 4 nitrogen and oxygen atoms in total. The molecule has 0 aliphatic carbocycles. The average molecular weight is 476 g/mol. The predicted molar refractivity (Wildman–Crippen MR) is 124 cm³/mol. The molecule has 0 atom stereocenters. The standard InChI is InChI=1S/C19H32N4S.HI/c1-3-5-6-11-21-19(20-4-2)22-16-17-7-9-18(10-8-17)23-12-14-24-15-13-23;/h7-10H,3-6,11-16H2,1-2H3,(H2,20,21,22);1H. The lowest BCUT2D eigenvalue weighted by Gasteiger charge is -2.28. The lowest BCUT2D eigenvalue weighted by molar-refractivity contribution is 0.683. The highest BCUT2D eigenvalue weighted by atomic mass is 127. The highest BCUT2D eigenvalue weighted by Gasteiger charge is 2.10. The predicted octanol–water partition coefficient (Wildman–Crippen LogP) is 4.10. The molecule has 2 rings (SSSR count). The van der Waals surface area contributed by atoms with Crippen molar-refractivity contribution in [2.45, 2.75) is 39.7 Å².